The van der Waals surface area contributed by atoms with Gasteiger partial charge in [0.2, 0.25) is 0 Å². The smallest absolute Gasteiger partial charge is 0.252 e. The Balaban J connectivity index is 2.36. The second-order valence-electron chi connectivity index (χ2n) is 4.27. The molecule has 0 aliphatic carbocycles. The number of carbonyl (C=O) groups excluding carboxylic acids is 2. The Bertz CT molecular complexity index is 714. The van der Waals surface area contributed by atoms with E-state index < -0.39 is 0 Å². The molecule has 1 N–H and O–H groups in total. The van der Waals surface area contributed by atoms with Crippen LogP contribution in [-0.2, 0) is 0 Å². The number of halogens is 1. The highest BCUT2D eigenvalue weighted by atomic mass is 35.5. The van der Waals surface area contributed by atoms with E-state index in [1.165, 1.54) is 0 Å². The first-order chi connectivity index (χ1) is 10.1. The number of terminal acetylenes is 1. The van der Waals surface area contributed by atoms with E-state index in [1.54, 1.807) is 48.5 Å². The molecule has 0 atom stereocenters. The average Bonchev–Trinajstić information content (AvgIpc) is 2.52. The third kappa shape index (κ3) is 3.50. The van der Waals surface area contributed by atoms with Gasteiger partial charge in [-0.1, -0.05) is 35.7 Å². The average molecular weight is 298 g/mol. The Kier molecular flexibility index (Phi) is 4.76. The molecule has 0 fully saturated rings. The van der Waals surface area contributed by atoms with Gasteiger partial charge < -0.3 is 5.32 Å². The lowest BCUT2D eigenvalue weighted by molar-refractivity contribution is 0.0946. The van der Waals surface area contributed by atoms with Crippen molar-refractivity contribution in [3.63, 3.8) is 0 Å². The molecule has 0 radical (unpaired) electrons. The van der Waals surface area contributed by atoms with E-state index in [1.807, 2.05) is 0 Å². The Hall–Kier alpha value is -2.57. The highest BCUT2D eigenvalue weighted by Gasteiger charge is 2.17. The molecule has 2 aromatic carbocycles. The number of hydrogen-bond donors (Lipinski definition) is 1. The van der Waals surface area contributed by atoms with E-state index in [2.05, 4.69) is 11.2 Å². The van der Waals surface area contributed by atoms with E-state index in [-0.39, 0.29) is 18.2 Å². The second kappa shape index (κ2) is 6.74. The highest BCUT2D eigenvalue weighted by Crippen LogP contribution is 2.17. The SMILES string of the molecule is C#CCNC(=O)c1ccccc1C(=O)c1ccc(Cl)cc1. The van der Waals surface area contributed by atoms with Gasteiger partial charge in [0, 0.05) is 16.1 Å². The zero-order chi connectivity index (χ0) is 15.2. The van der Waals surface area contributed by atoms with Gasteiger partial charge in [-0.3, -0.25) is 9.59 Å². The summed E-state index contributed by atoms with van der Waals surface area (Å²) < 4.78 is 0. The van der Waals surface area contributed by atoms with E-state index in [0.29, 0.717) is 21.7 Å². The number of hydrogen-bond acceptors (Lipinski definition) is 2. The Morgan fingerprint density at radius 2 is 1.67 bits per heavy atom. The van der Waals surface area contributed by atoms with Gasteiger partial charge in [-0.2, -0.15) is 0 Å². The lowest BCUT2D eigenvalue weighted by atomic mass is 9.98. The van der Waals surface area contributed by atoms with Gasteiger partial charge in [-0.15, -0.1) is 6.42 Å². The lowest BCUT2D eigenvalue weighted by Gasteiger charge is -2.08. The first-order valence-corrected chi connectivity index (χ1v) is 6.62. The van der Waals surface area contributed by atoms with E-state index >= 15 is 0 Å². The second-order valence-corrected chi connectivity index (χ2v) is 4.70. The van der Waals surface area contributed by atoms with Crippen molar-refractivity contribution < 1.29 is 9.59 Å². The normalized spacial score (nSPS) is 9.71. The summed E-state index contributed by atoms with van der Waals surface area (Å²) in [5.74, 6) is 1.72. The minimum Gasteiger partial charge on any atom is -0.341 e. The molecular weight excluding hydrogens is 286 g/mol. The summed E-state index contributed by atoms with van der Waals surface area (Å²) in [4.78, 5) is 24.5. The number of rotatable bonds is 4. The summed E-state index contributed by atoms with van der Waals surface area (Å²) in [5, 5.41) is 3.10. The van der Waals surface area contributed by atoms with Gasteiger partial charge in [0.15, 0.2) is 5.78 Å². The van der Waals surface area contributed by atoms with Gasteiger partial charge >= 0.3 is 0 Å². The number of nitrogens with one attached hydrogen (secondary N) is 1. The fourth-order valence-electron chi connectivity index (χ4n) is 1.86. The van der Waals surface area contributed by atoms with Crippen molar-refractivity contribution in [3.8, 4) is 12.3 Å². The van der Waals surface area contributed by atoms with Crippen LogP contribution >= 0.6 is 11.6 Å². The van der Waals surface area contributed by atoms with Gasteiger partial charge in [-0.25, -0.2) is 0 Å². The third-order valence-electron chi connectivity index (χ3n) is 2.87. The number of carbonyl (C=O) groups is 2. The molecule has 1 amide bonds. The topological polar surface area (TPSA) is 46.2 Å². The molecule has 2 aromatic rings. The summed E-state index contributed by atoms with van der Waals surface area (Å²) in [6, 6.07) is 13.1. The van der Waals surface area contributed by atoms with Crippen LogP contribution in [0.5, 0.6) is 0 Å². The highest BCUT2D eigenvalue weighted by molar-refractivity contribution is 6.30. The van der Waals surface area contributed by atoms with Crippen molar-refractivity contribution in [1.29, 1.82) is 0 Å². The molecule has 0 saturated heterocycles. The minimum atomic E-state index is -0.370. The van der Waals surface area contributed by atoms with Crippen LogP contribution in [0.4, 0.5) is 0 Å². The molecule has 0 heterocycles. The zero-order valence-electron chi connectivity index (χ0n) is 11.1. The van der Waals surface area contributed by atoms with Crippen LogP contribution in [0.25, 0.3) is 0 Å². The van der Waals surface area contributed by atoms with Crippen molar-refractivity contribution in [1.82, 2.24) is 5.32 Å². The first-order valence-electron chi connectivity index (χ1n) is 6.24. The van der Waals surface area contributed by atoms with Crippen LogP contribution in [0.2, 0.25) is 5.02 Å². The van der Waals surface area contributed by atoms with E-state index in [4.69, 9.17) is 18.0 Å². The number of benzene rings is 2. The van der Waals surface area contributed by atoms with Crippen LogP contribution in [0.15, 0.2) is 48.5 Å². The Labute approximate surface area is 127 Å². The van der Waals surface area contributed by atoms with E-state index in [0.717, 1.165) is 0 Å². The summed E-state index contributed by atoms with van der Waals surface area (Å²) in [7, 11) is 0. The van der Waals surface area contributed by atoms with Crippen LogP contribution in [0.3, 0.4) is 0 Å². The van der Waals surface area contributed by atoms with Crippen molar-refractivity contribution in [2.45, 2.75) is 0 Å². The Morgan fingerprint density at radius 3 is 2.29 bits per heavy atom. The lowest BCUT2D eigenvalue weighted by Crippen LogP contribution is -2.25. The maximum absolute atomic E-state index is 12.5. The first kappa shape index (κ1) is 14.8. The molecule has 2 rings (SSSR count). The molecule has 0 aliphatic rings. The van der Waals surface area contributed by atoms with Crippen molar-refractivity contribution >= 4 is 23.3 Å². The predicted octanol–water partition coefficient (Wildman–Crippen LogP) is 2.93. The largest absolute Gasteiger partial charge is 0.341 e. The molecular formula is C17H12ClNO2. The summed E-state index contributed by atoms with van der Waals surface area (Å²) >= 11 is 5.81. The fraction of sp³-hybridized carbons (Fsp3) is 0.0588. The quantitative estimate of drug-likeness (QED) is 0.697. The van der Waals surface area contributed by atoms with Gasteiger partial charge in [-0.05, 0) is 30.3 Å². The van der Waals surface area contributed by atoms with Gasteiger partial charge in [0.05, 0.1) is 12.1 Å². The maximum Gasteiger partial charge on any atom is 0.252 e. The molecule has 4 heteroatoms. The van der Waals surface area contributed by atoms with Crippen LogP contribution in [-0.4, -0.2) is 18.2 Å². The molecule has 3 nitrogen and oxygen atoms in total. The summed E-state index contributed by atoms with van der Waals surface area (Å²) in [5.41, 5.74) is 1.10. The van der Waals surface area contributed by atoms with Crippen molar-refractivity contribution in [2.24, 2.45) is 0 Å². The molecule has 104 valence electrons. The maximum atomic E-state index is 12.5. The molecule has 0 aromatic heterocycles. The zero-order valence-corrected chi connectivity index (χ0v) is 11.9. The molecule has 0 spiro atoms. The molecule has 0 aliphatic heterocycles. The Morgan fingerprint density at radius 1 is 1.05 bits per heavy atom. The predicted molar refractivity (Wildman–Crippen MR) is 82.5 cm³/mol. The molecule has 21 heavy (non-hydrogen) atoms. The van der Waals surface area contributed by atoms with Gasteiger partial charge in [0.1, 0.15) is 0 Å². The van der Waals surface area contributed by atoms with Crippen LogP contribution in [0.1, 0.15) is 26.3 Å². The van der Waals surface area contributed by atoms with Crippen molar-refractivity contribution in [2.75, 3.05) is 6.54 Å². The van der Waals surface area contributed by atoms with Crippen molar-refractivity contribution in [3.05, 3.63) is 70.2 Å². The third-order valence-corrected chi connectivity index (χ3v) is 3.13. The number of amides is 1. The fourth-order valence-corrected chi connectivity index (χ4v) is 1.99. The standard InChI is InChI=1S/C17H12ClNO2/c1-2-11-19-17(21)15-6-4-3-5-14(15)16(20)12-7-9-13(18)10-8-12/h1,3-10H,11H2,(H,19,21). The van der Waals surface area contributed by atoms with Gasteiger partial charge in [0.25, 0.3) is 5.91 Å². The van der Waals surface area contributed by atoms with E-state index in [9.17, 15) is 9.59 Å². The summed E-state index contributed by atoms with van der Waals surface area (Å²) in [6.07, 6.45) is 5.11. The number of ketones is 1. The molecule has 0 saturated carbocycles. The van der Waals surface area contributed by atoms with Crippen LogP contribution in [0, 0.1) is 12.3 Å². The molecule has 0 unspecified atom stereocenters. The summed E-state index contributed by atoms with van der Waals surface area (Å²) in [6.45, 7) is 0.113. The monoisotopic (exact) mass is 297 g/mol. The minimum absolute atomic E-state index is 0.113. The van der Waals surface area contributed by atoms with Crippen LogP contribution < -0.4 is 5.32 Å². The molecule has 0 bridgehead atoms.